The minimum Gasteiger partial charge on any atom is -0.381 e. The van der Waals surface area contributed by atoms with Gasteiger partial charge < -0.3 is 9.64 Å². The summed E-state index contributed by atoms with van der Waals surface area (Å²) in [6, 6.07) is 10.3. The molecule has 1 saturated carbocycles. The van der Waals surface area contributed by atoms with Gasteiger partial charge in [0.05, 0.1) is 6.10 Å². The minimum atomic E-state index is 0.325. The van der Waals surface area contributed by atoms with Crippen LogP contribution >= 0.6 is 11.3 Å². The molecular weight excluding hydrogens is 306 g/mol. The fourth-order valence-electron chi connectivity index (χ4n) is 4.31. The Labute approximate surface area is 141 Å². The SMILES string of the molecule is CO[C@@H]1CCC[C@@]12CCCN(c1nnc(-c3ccccc3)s1)C2. The topological polar surface area (TPSA) is 38.2 Å². The van der Waals surface area contributed by atoms with Gasteiger partial charge in [0.1, 0.15) is 5.01 Å². The summed E-state index contributed by atoms with van der Waals surface area (Å²) >= 11 is 1.71. The van der Waals surface area contributed by atoms with Gasteiger partial charge in [-0.05, 0) is 25.7 Å². The lowest BCUT2D eigenvalue weighted by atomic mass is 9.77. The molecule has 1 aromatic carbocycles. The van der Waals surface area contributed by atoms with Gasteiger partial charge in [-0.15, -0.1) is 10.2 Å². The van der Waals surface area contributed by atoms with E-state index in [2.05, 4.69) is 27.2 Å². The van der Waals surface area contributed by atoms with Crippen molar-refractivity contribution >= 4 is 16.5 Å². The van der Waals surface area contributed by atoms with Gasteiger partial charge in [-0.3, -0.25) is 0 Å². The van der Waals surface area contributed by atoms with Crippen LogP contribution in [0.3, 0.4) is 0 Å². The van der Waals surface area contributed by atoms with E-state index in [1.165, 1.54) is 32.1 Å². The Bertz CT molecular complexity index is 659. The third-order valence-electron chi connectivity index (χ3n) is 5.42. The predicted octanol–water partition coefficient (Wildman–Crippen LogP) is 3.99. The maximum absolute atomic E-state index is 5.80. The lowest BCUT2D eigenvalue weighted by molar-refractivity contribution is 0.00225. The Hall–Kier alpha value is -1.46. The molecule has 1 saturated heterocycles. The Morgan fingerprint density at radius 3 is 2.83 bits per heavy atom. The standard InChI is InChI=1S/C18H23N3OS/c1-22-15-9-5-10-18(15)11-6-12-21(13-18)17-20-19-16(23-17)14-7-3-2-4-8-14/h2-4,7-8,15H,5-6,9-13H2,1H3/t15-,18+/m1/s1. The molecule has 2 heterocycles. The number of rotatable bonds is 3. The van der Waals surface area contributed by atoms with Crippen molar-refractivity contribution in [3.63, 3.8) is 0 Å². The van der Waals surface area contributed by atoms with Gasteiger partial charge in [0.25, 0.3) is 0 Å². The molecule has 4 rings (SSSR count). The molecule has 2 fully saturated rings. The van der Waals surface area contributed by atoms with Crippen molar-refractivity contribution in [1.82, 2.24) is 10.2 Å². The van der Waals surface area contributed by atoms with Gasteiger partial charge in [-0.2, -0.15) is 0 Å². The van der Waals surface area contributed by atoms with Crippen LogP contribution in [-0.2, 0) is 4.74 Å². The summed E-state index contributed by atoms with van der Waals surface area (Å²) in [6.07, 6.45) is 6.69. The minimum absolute atomic E-state index is 0.325. The molecule has 1 aliphatic carbocycles. The van der Waals surface area contributed by atoms with E-state index in [-0.39, 0.29) is 0 Å². The number of ether oxygens (including phenoxy) is 1. The molecule has 0 bridgehead atoms. The zero-order valence-electron chi connectivity index (χ0n) is 13.6. The third kappa shape index (κ3) is 2.76. The summed E-state index contributed by atoms with van der Waals surface area (Å²) in [7, 11) is 1.87. The van der Waals surface area contributed by atoms with E-state index in [1.807, 2.05) is 25.3 Å². The van der Waals surface area contributed by atoms with E-state index in [0.717, 1.165) is 28.8 Å². The lowest BCUT2D eigenvalue weighted by Gasteiger charge is -2.43. The molecular formula is C18H23N3OS. The Balaban J connectivity index is 1.55. The molecule has 0 unspecified atom stereocenters. The molecule has 1 aliphatic heterocycles. The first-order chi connectivity index (χ1) is 11.3. The maximum atomic E-state index is 5.80. The van der Waals surface area contributed by atoms with Crippen molar-refractivity contribution in [3.05, 3.63) is 30.3 Å². The number of nitrogens with zero attached hydrogens (tertiary/aromatic N) is 3. The van der Waals surface area contributed by atoms with E-state index < -0.39 is 0 Å². The quantitative estimate of drug-likeness (QED) is 0.853. The lowest BCUT2D eigenvalue weighted by Crippen LogP contribution is -2.47. The molecule has 23 heavy (non-hydrogen) atoms. The van der Waals surface area contributed by atoms with E-state index in [1.54, 1.807) is 11.3 Å². The van der Waals surface area contributed by atoms with E-state index in [0.29, 0.717) is 11.5 Å². The van der Waals surface area contributed by atoms with Crippen LogP contribution in [0.15, 0.2) is 30.3 Å². The van der Waals surface area contributed by atoms with Crippen LogP contribution in [0.4, 0.5) is 5.13 Å². The van der Waals surface area contributed by atoms with Crippen LogP contribution in [0.1, 0.15) is 32.1 Å². The van der Waals surface area contributed by atoms with Crippen LogP contribution in [0, 0.1) is 5.41 Å². The highest BCUT2D eigenvalue weighted by molar-refractivity contribution is 7.18. The van der Waals surface area contributed by atoms with Crippen LogP contribution in [0.25, 0.3) is 10.6 Å². The fraction of sp³-hybridized carbons (Fsp3) is 0.556. The number of hydrogen-bond acceptors (Lipinski definition) is 5. The molecule has 2 aliphatic rings. The molecule has 122 valence electrons. The number of methoxy groups -OCH3 is 1. The summed E-state index contributed by atoms with van der Waals surface area (Å²) in [5.74, 6) is 0. The second kappa shape index (κ2) is 6.21. The average Bonchev–Trinajstić information content (AvgIpc) is 3.23. The number of aromatic nitrogens is 2. The number of piperidine rings is 1. The van der Waals surface area contributed by atoms with Crippen LogP contribution in [-0.4, -0.2) is 36.5 Å². The van der Waals surface area contributed by atoms with Crippen molar-refractivity contribution in [2.24, 2.45) is 5.41 Å². The smallest absolute Gasteiger partial charge is 0.208 e. The normalized spacial score (nSPS) is 27.7. The molecule has 1 spiro atoms. The zero-order valence-corrected chi connectivity index (χ0v) is 14.4. The van der Waals surface area contributed by atoms with Crippen molar-refractivity contribution in [1.29, 1.82) is 0 Å². The first kappa shape index (κ1) is 15.1. The van der Waals surface area contributed by atoms with Gasteiger partial charge in [0.2, 0.25) is 5.13 Å². The first-order valence-electron chi connectivity index (χ1n) is 8.47. The largest absolute Gasteiger partial charge is 0.381 e. The van der Waals surface area contributed by atoms with Crippen LogP contribution in [0.2, 0.25) is 0 Å². The zero-order chi connectivity index (χ0) is 15.7. The van der Waals surface area contributed by atoms with Crippen molar-refractivity contribution in [2.45, 2.75) is 38.2 Å². The second-order valence-electron chi connectivity index (χ2n) is 6.76. The molecule has 0 N–H and O–H groups in total. The van der Waals surface area contributed by atoms with Gasteiger partial charge in [0, 0.05) is 31.2 Å². The van der Waals surface area contributed by atoms with E-state index >= 15 is 0 Å². The van der Waals surface area contributed by atoms with Gasteiger partial charge in [0.15, 0.2) is 0 Å². The summed E-state index contributed by atoms with van der Waals surface area (Å²) in [6.45, 7) is 2.15. The van der Waals surface area contributed by atoms with E-state index in [4.69, 9.17) is 4.74 Å². The highest BCUT2D eigenvalue weighted by Crippen LogP contribution is 2.47. The molecule has 2 aromatic rings. The van der Waals surface area contributed by atoms with Gasteiger partial charge in [-0.25, -0.2) is 0 Å². The van der Waals surface area contributed by atoms with Crippen LogP contribution in [0.5, 0.6) is 0 Å². The Kier molecular flexibility index (Phi) is 4.07. The molecule has 5 heteroatoms. The van der Waals surface area contributed by atoms with Crippen molar-refractivity contribution in [3.8, 4) is 10.6 Å². The monoisotopic (exact) mass is 329 g/mol. The summed E-state index contributed by atoms with van der Waals surface area (Å²) < 4.78 is 5.80. The second-order valence-corrected chi connectivity index (χ2v) is 7.72. The highest BCUT2D eigenvalue weighted by atomic mass is 32.1. The molecule has 4 nitrogen and oxygen atoms in total. The summed E-state index contributed by atoms with van der Waals surface area (Å²) in [5, 5.41) is 11.0. The summed E-state index contributed by atoms with van der Waals surface area (Å²) in [5.41, 5.74) is 1.48. The Morgan fingerprint density at radius 1 is 1.17 bits per heavy atom. The molecule has 1 aromatic heterocycles. The van der Waals surface area contributed by atoms with Gasteiger partial charge in [-0.1, -0.05) is 48.1 Å². The fourth-order valence-corrected chi connectivity index (χ4v) is 5.18. The molecule has 2 atom stereocenters. The predicted molar refractivity (Wildman–Crippen MR) is 93.9 cm³/mol. The highest BCUT2D eigenvalue weighted by Gasteiger charge is 2.46. The Morgan fingerprint density at radius 2 is 2.00 bits per heavy atom. The van der Waals surface area contributed by atoms with Crippen LogP contribution < -0.4 is 4.90 Å². The number of benzene rings is 1. The molecule has 0 radical (unpaired) electrons. The number of hydrogen-bond donors (Lipinski definition) is 0. The van der Waals surface area contributed by atoms with Crippen molar-refractivity contribution < 1.29 is 4.74 Å². The van der Waals surface area contributed by atoms with Crippen molar-refractivity contribution in [2.75, 3.05) is 25.1 Å². The number of anilines is 1. The average molecular weight is 329 g/mol. The van der Waals surface area contributed by atoms with E-state index in [9.17, 15) is 0 Å². The maximum Gasteiger partial charge on any atom is 0.208 e. The first-order valence-corrected chi connectivity index (χ1v) is 9.29. The third-order valence-corrected chi connectivity index (χ3v) is 6.46. The van der Waals surface area contributed by atoms with Gasteiger partial charge >= 0.3 is 0 Å². The summed E-state index contributed by atoms with van der Waals surface area (Å²) in [4.78, 5) is 2.44. The molecule has 0 amide bonds.